The lowest BCUT2D eigenvalue weighted by Crippen LogP contribution is -2.37. The number of hydrogen-bond acceptors (Lipinski definition) is 3. The number of aliphatic carboxylic acids is 1. The van der Waals surface area contributed by atoms with Gasteiger partial charge in [0.2, 0.25) is 0 Å². The molecule has 1 N–H and O–H groups in total. The van der Waals surface area contributed by atoms with Crippen molar-refractivity contribution in [3.05, 3.63) is 41.2 Å². The highest BCUT2D eigenvalue weighted by atomic mass is 32.2. The molecule has 0 atom stereocenters. The van der Waals surface area contributed by atoms with Gasteiger partial charge < -0.3 is 5.11 Å². The number of carboxylic acid groups (broad SMARTS) is 1. The van der Waals surface area contributed by atoms with Gasteiger partial charge in [0.15, 0.2) is 0 Å². The topological polar surface area (TPSA) is 57.6 Å². The van der Waals surface area contributed by atoms with Crippen LogP contribution >= 0.6 is 0 Å². The molecule has 0 aliphatic carbocycles. The Kier molecular flexibility index (Phi) is 5.03. The van der Waals surface area contributed by atoms with E-state index >= 15 is 0 Å². The number of benzene rings is 1. The van der Waals surface area contributed by atoms with Gasteiger partial charge in [-0.25, -0.2) is 9.18 Å². The summed E-state index contributed by atoms with van der Waals surface area (Å²) in [7, 11) is -0.728. The Hall–Kier alpha value is -1.53. The number of nitrogens with zero attached hydrogens (tertiary/aromatic N) is 1. The molecule has 108 valence electrons. The van der Waals surface area contributed by atoms with Crippen LogP contribution in [0.25, 0.3) is 6.08 Å². The third-order valence-electron chi connectivity index (χ3n) is 3.07. The van der Waals surface area contributed by atoms with E-state index in [4.69, 9.17) is 5.11 Å². The van der Waals surface area contributed by atoms with E-state index in [0.717, 1.165) is 24.7 Å². The molecule has 0 radical (unpaired) electrons. The van der Waals surface area contributed by atoms with Crippen molar-refractivity contribution in [3.8, 4) is 0 Å². The number of halogens is 1. The van der Waals surface area contributed by atoms with Gasteiger partial charge in [-0.3, -0.25) is 9.11 Å². The van der Waals surface area contributed by atoms with Crippen LogP contribution in [0.2, 0.25) is 0 Å². The fraction of sp³-hybridized carbons (Fsp3) is 0.357. The summed E-state index contributed by atoms with van der Waals surface area (Å²) in [4.78, 5) is 12.6. The maximum absolute atomic E-state index is 13.5. The Bertz CT molecular complexity index is 549. The van der Waals surface area contributed by atoms with Crippen molar-refractivity contribution in [2.75, 3.05) is 24.6 Å². The third-order valence-corrected chi connectivity index (χ3v) is 4.35. The van der Waals surface area contributed by atoms with E-state index in [1.807, 2.05) is 0 Å². The highest BCUT2D eigenvalue weighted by Gasteiger charge is 2.15. The Balaban J connectivity index is 2.07. The van der Waals surface area contributed by atoms with Crippen LogP contribution in [0, 0.1) is 5.82 Å². The lowest BCUT2D eigenvalue weighted by Gasteiger charge is -2.26. The Morgan fingerprint density at radius 3 is 2.70 bits per heavy atom. The van der Waals surface area contributed by atoms with Gasteiger partial charge in [-0.1, -0.05) is 6.07 Å². The van der Waals surface area contributed by atoms with Gasteiger partial charge in [-0.05, 0) is 29.3 Å². The van der Waals surface area contributed by atoms with Crippen molar-refractivity contribution >= 4 is 22.8 Å². The molecule has 1 aromatic rings. The lowest BCUT2D eigenvalue weighted by molar-refractivity contribution is -0.131. The second kappa shape index (κ2) is 6.76. The normalized spacial score (nSPS) is 17.6. The van der Waals surface area contributed by atoms with Crippen LogP contribution < -0.4 is 0 Å². The second-order valence-electron chi connectivity index (χ2n) is 4.69. The summed E-state index contributed by atoms with van der Waals surface area (Å²) >= 11 is 0. The quantitative estimate of drug-likeness (QED) is 0.856. The Morgan fingerprint density at radius 2 is 2.05 bits per heavy atom. The molecule has 2 rings (SSSR count). The summed E-state index contributed by atoms with van der Waals surface area (Å²) in [6.07, 6.45) is 2.36. The molecule has 0 amide bonds. The first-order valence-corrected chi connectivity index (χ1v) is 7.79. The molecule has 4 nitrogen and oxygen atoms in total. The predicted octanol–water partition coefficient (Wildman–Crippen LogP) is 1.49. The van der Waals surface area contributed by atoms with Gasteiger partial charge >= 0.3 is 5.97 Å². The van der Waals surface area contributed by atoms with Gasteiger partial charge in [-0.15, -0.1) is 0 Å². The van der Waals surface area contributed by atoms with Gasteiger partial charge in [0, 0.05) is 48.0 Å². The number of hydrogen-bond donors (Lipinski definition) is 1. The monoisotopic (exact) mass is 297 g/mol. The van der Waals surface area contributed by atoms with E-state index in [2.05, 4.69) is 4.90 Å². The SMILES string of the molecule is O=C(O)C=Cc1cc(F)cc(CN2CCS(=O)CC2)c1. The zero-order valence-corrected chi connectivity index (χ0v) is 11.7. The molecule has 1 aliphatic heterocycles. The largest absolute Gasteiger partial charge is 0.478 e. The first-order valence-electron chi connectivity index (χ1n) is 6.31. The molecule has 0 saturated carbocycles. The zero-order valence-electron chi connectivity index (χ0n) is 10.9. The van der Waals surface area contributed by atoms with Crippen LogP contribution in [-0.4, -0.2) is 44.8 Å². The van der Waals surface area contributed by atoms with Crippen LogP contribution in [0.4, 0.5) is 4.39 Å². The smallest absolute Gasteiger partial charge is 0.328 e. The zero-order chi connectivity index (χ0) is 14.5. The van der Waals surface area contributed by atoms with Crippen molar-refractivity contribution in [3.63, 3.8) is 0 Å². The fourth-order valence-corrected chi connectivity index (χ4v) is 3.25. The minimum Gasteiger partial charge on any atom is -0.478 e. The van der Waals surface area contributed by atoms with Crippen LogP contribution in [0.3, 0.4) is 0 Å². The maximum atomic E-state index is 13.5. The van der Waals surface area contributed by atoms with Crippen molar-refractivity contribution in [2.45, 2.75) is 6.54 Å². The summed E-state index contributed by atoms with van der Waals surface area (Å²) in [5, 5.41) is 8.58. The second-order valence-corrected chi connectivity index (χ2v) is 6.38. The number of carbonyl (C=O) groups is 1. The molecule has 6 heteroatoms. The molecule has 1 heterocycles. The summed E-state index contributed by atoms with van der Waals surface area (Å²) in [5.74, 6) is -0.134. The molecular formula is C14H16FNO3S. The fourth-order valence-electron chi connectivity index (χ4n) is 2.12. The average Bonchev–Trinajstić information content (AvgIpc) is 2.38. The Morgan fingerprint density at radius 1 is 1.35 bits per heavy atom. The maximum Gasteiger partial charge on any atom is 0.328 e. The van der Waals surface area contributed by atoms with Crippen LogP contribution in [0.1, 0.15) is 11.1 Å². The first-order chi connectivity index (χ1) is 9.52. The molecule has 20 heavy (non-hydrogen) atoms. The highest BCUT2D eigenvalue weighted by Crippen LogP contribution is 2.14. The number of carboxylic acids is 1. The molecule has 0 spiro atoms. The van der Waals surface area contributed by atoms with E-state index in [1.54, 1.807) is 6.07 Å². The van der Waals surface area contributed by atoms with Crippen LogP contribution in [0.5, 0.6) is 0 Å². The van der Waals surface area contributed by atoms with Gasteiger partial charge in [0.25, 0.3) is 0 Å². The molecule has 1 fully saturated rings. The van der Waals surface area contributed by atoms with E-state index < -0.39 is 16.8 Å². The summed E-state index contributed by atoms with van der Waals surface area (Å²) in [5.41, 5.74) is 1.32. The van der Waals surface area contributed by atoms with Gasteiger partial charge in [-0.2, -0.15) is 0 Å². The molecule has 0 bridgehead atoms. The van der Waals surface area contributed by atoms with E-state index in [1.165, 1.54) is 18.2 Å². The van der Waals surface area contributed by atoms with E-state index in [-0.39, 0.29) is 5.82 Å². The van der Waals surface area contributed by atoms with E-state index in [9.17, 15) is 13.4 Å². The molecule has 1 aliphatic rings. The highest BCUT2D eigenvalue weighted by molar-refractivity contribution is 7.85. The average molecular weight is 297 g/mol. The molecule has 0 aromatic heterocycles. The van der Waals surface area contributed by atoms with Crippen molar-refractivity contribution in [2.24, 2.45) is 0 Å². The predicted molar refractivity (Wildman–Crippen MR) is 76.2 cm³/mol. The van der Waals surface area contributed by atoms with Crippen LogP contribution in [0.15, 0.2) is 24.3 Å². The summed E-state index contributed by atoms with van der Waals surface area (Å²) < 4.78 is 24.8. The van der Waals surface area contributed by atoms with Gasteiger partial charge in [0.1, 0.15) is 5.82 Å². The van der Waals surface area contributed by atoms with Gasteiger partial charge in [0.05, 0.1) is 0 Å². The van der Waals surface area contributed by atoms with Crippen molar-refractivity contribution in [1.82, 2.24) is 4.90 Å². The molecular weight excluding hydrogens is 281 g/mol. The van der Waals surface area contributed by atoms with Crippen molar-refractivity contribution in [1.29, 1.82) is 0 Å². The molecule has 1 saturated heterocycles. The Labute approximate surface area is 119 Å². The van der Waals surface area contributed by atoms with Crippen molar-refractivity contribution < 1.29 is 18.5 Å². The summed E-state index contributed by atoms with van der Waals surface area (Å²) in [6, 6.07) is 4.52. The first kappa shape index (κ1) is 14.9. The molecule has 1 aromatic carbocycles. The minimum atomic E-state index is -1.06. The summed E-state index contributed by atoms with van der Waals surface area (Å²) in [6.45, 7) is 2.07. The lowest BCUT2D eigenvalue weighted by atomic mass is 10.1. The van der Waals surface area contributed by atoms with E-state index in [0.29, 0.717) is 23.6 Å². The molecule has 0 unspecified atom stereocenters. The third kappa shape index (κ3) is 4.54. The number of rotatable bonds is 4. The van der Waals surface area contributed by atoms with Crippen LogP contribution in [-0.2, 0) is 22.1 Å². The minimum absolute atomic E-state index is 0.381. The standard InChI is InChI=1S/C14H16FNO3S/c15-13-8-11(1-2-14(17)18)7-12(9-13)10-16-3-5-20(19)6-4-16/h1-2,7-9H,3-6,10H2,(H,17,18).